The molecular weight excluding hydrogens is 335 g/mol. The van der Waals surface area contributed by atoms with E-state index in [2.05, 4.69) is 5.32 Å². The number of hydrogen-bond donors (Lipinski definition) is 1. The van der Waals surface area contributed by atoms with Gasteiger partial charge in [-0.1, -0.05) is 6.07 Å². The van der Waals surface area contributed by atoms with Crippen LogP contribution in [0.5, 0.6) is 0 Å². The Labute approximate surface area is 154 Å². The summed E-state index contributed by atoms with van der Waals surface area (Å²) in [5.74, 6) is -0.266. The van der Waals surface area contributed by atoms with Crippen LogP contribution in [0, 0.1) is 5.82 Å². The lowest BCUT2D eigenvalue weighted by molar-refractivity contribution is -0.121. The van der Waals surface area contributed by atoms with Crippen LogP contribution in [-0.4, -0.2) is 43.9 Å². The van der Waals surface area contributed by atoms with Crippen LogP contribution < -0.4 is 10.2 Å². The third-order valence-corrected chi connectivity index (χ3v) is 4.98. The minimum atomic E-state index is -0.252. The highest BCUT2D eigenvalue weighted by Crippen LogP contribution is 2.24. The fourth-order valence-corrected chi connectivity index (χ4v) is 3.74. The van der Waals surface area contributed by atoms with Gasteiger partial charge in [-0.15, -0.1) is 0 Å². The van der Waals surface area contributed by atoms with Crippen LogP contribution in [0.3, 0.4) is 0 Å². The van der Waals surface area contributed by atoms with Crippen molar-refractivity contribution in [1.29, 1.82) is 0 Å². The number of carbonyl (C=O) groups excluding carboxylic acids is 1. The standard InChI is InChI=1S/C20H29FN2O3/c1-14-12-23(13-15(2)26-14)19-7-5-16(10-18(19)21)11-22-20(24)8-6-17-4-3-9-25-17/h5,7,10,14-15,17H,3-4,6,8-9,11-13H2,1-2H3,(H,22,24). The van der Waals surface area contributed by atoms with E-state index in [0.717, 1.165) is 31.4 Å². The number of anilines is 1. The SMILES string of the molecule is CC1CN(c2ccc(CNC(=O)CCC3CCCO3)cc2F)CC(C)O1. The van der Waals surface area contributed by atoms with Gasteiger partial charge < -0.3 is 19.7 Å². The van der Waals surface area contributed by atoms with Crippen LogP contribution in [-0.2, 0) is 20.8 Å². The molecule has 0 bridgehead atoms. The van der Waals surface area contributed by atoms with Crippen molar-refractivity contribution >= 4 is 11.6 Å². The summed E-state index contributed by atoms with van der Waals surface area (Å²) in [6, 6.07) is 5.19. The van der Waals surface area contributed by atoms with Crippen LogP contribution in [0.15, 0.2) is 18.2 Å². The smallest absolute Gasteiger partial charge is 0.220 e. The summed E-state index contributed by atoms with van der Waals surface area (Å²) >= 11 is 0. The molecule has 3 rings (SSSR count). The maximum atomic E-state index is 14.6. The third-order valence-electron chi connectivity index (χ3n) is 4.98. The van der Waals surface area contributed by atoms with E-state index in [1.54, 1.807) is 6.07 Å². The van der Waals surface area contributed by atoms with Gasteiger partial charge in [-0.3, -0.25) is 4.79 Å². The largest absolute Gasteiger partial charge is 0.378 e. The second kappa shape index (κ2) is 8.82. The Morgan fingerprint density at radius 3 is 2.73 bits per heavy atom. The number of nitrogens with one attached hydrogen (secondary N) is 1. The van der Waals surface area contributed by atoms with Crippen molar-refractivity contribution in [3.05, 3.63) is 29.6 Å². The Balaban J connectivity index is 1.50. The molecule has 1 aromatic carbocycles. The number of nitrogens with zero attached hydrogens (tertiary/aromatic N) is 1. The zero-order chi connectivity index (χ0) is 18.5. The molecular formula is C20H29FN2O3. The van der Waals surface area contributed by atoms with Crippen LogP contribution in [0.25, 0.3) is 0 Å². The molecule has 2 aliphatic heterocycles. The Kier molecular flexibility index (Phi) is 6.48. The number of carbonyl (C=O) groups is 1. The summed E-state index contributed by atoms with van der Waals surface area (Å²) in [5, 5.41) is 2.87. The van der Waals surface area contributed by atoms with Gasteiger partial charge >= 0.3 is 0 Å². The Morgan fingerprint density at radius 2 is 2.08 bits per heavy atom. The minimum Gasteiger partial charge on any atom is -0.378 e. The van der Waals surface area contributed by atoms with Gasteiger partial charge in [0.15, 0.2) is 0 Å². The molecule has 2 aliphatic rings. The van der Waals surface area contributed by atoms with Crippen LogP contribution in [0.4, 0.5) is 10.1 Å². The van der Waals surface area contributed by atoms with Crippen molar-refractivity contribution < 1.29 is 18.7 Å². The zero-order valence-electron chi connectivity index (χ0n) is 15.7. The number of hydrogen-bond acceptors (Lipinski definition) is 4. The molecule has 3 unspecified atom stereocenters. The highest BCUT2D eigenvalue weighted by atomic mass is 19.1. The van der Waals surface area contributed by atoms with Gasteiger partial charge in [0.2, 0.25) is 5.91 Å². The minimum absolute atomic E-state index is 0.0131. The van der Waals surface area contributed by atoms with Crippen molar-refractivity contribution in [2.75, 3.05) is 24.6 Å². The quantitative estimate of drug-likeness (QED) is 0.843. The lowest BCUT2D eigenvalue weighted by Gasteiger charge is -2.37. The number of benzene rings is 1. The fourth-order valence-electron chi connectivity index (χ4n) is 3.74. The average Bonchev–Trinajstić information content (AvgIpc) is 3.11. The summed E-state index contributed by atoms with van der Waals surface area (Å²) < 4.78 is 25.8. The van der Waals surface area contributed by atoms with Gasteiger partial charge in [-0.05, 0) is 50.8 Å². The maximum absolute atomic E-state index is 14.6. The van der Waals surface area contributed by atoms with Gasteiger partial charge in [-0.2, -0.15) is 0 Å². The van der Waals surface area contributed by atoms with Crippen molar-refractivity contribution in [2.24, 2.45) is 0 Å². The predicted octanol–water partition coefficient (Wildman–Crippen LogP) is 3.01. The summed E-state index contributed by atoms with van der Waals surface area (Å²) in [4.78, 5) is 14.0. The molecule has 1 aromatic rings. The molecule has 3 atom stereocenters. The van der Waals surface area contributed by atoms with Crippen molar-refractivity contribution in [1.82, 2.24) is 5.32 Å². The first-order valence-corrected chi connectivity index (χ1v) is 9.58. The molecule has 0 radical (unpaired) electrons. The highest BCUT2D eigenvalue weighted by molar-refractivity contribution is 5.75. The monoisotopic (exact) mass is 364 g/mol. The Bertz CT molecular complexity index is 609. The molecule has 5 nitrogen and oxygen atoms in total. The number of amides is 1. The summed E-state index contributed by atoms with van der Waals surface area (Å²) in [5.41, 5.74) is 1.37. The van der Waals surface area contributed by atoms with Crippen molar-refractivity contribution in [2.45, 2.75) is 64.4 Å². The molecule has 0 spiro atoms. The fraction of sp³-hybridized carbons (Fsp3) is 0.650. The molecule has 1 amide bonds. The van der Waals surface area contributed by atoms with E-state index in [-0.39, 0.29) is 30.0 Å². The molecule has 2 fully saturated rings. The van der Waals surface area contributed by atoms with E-state index in [1.807, 2.05) is 24.8 Å². The van der Waals surface area contributed by atoms with Gasteiger partial charge in [0.25, 0.3) is 0 Å². The van der Waals surface area contributed by atoms with Gasteiger partial charge in [0, 0.05) is 32.7 Å². The second-order valence-corrected chi connectivity index (χ2v) is 7.40. The molecule has 2 saturated heterocycles. The maximum Gasteiger partial charge on any atom is 0.220 e. The third kappa shape index (κ3) is 5.17. The van der Waals surface area contributed by atoms with E-state index >= 15 is 0 Å². The van der Waals surface area contributed by atoms with Gasteiger partial charge in [0.1, 0.15) is 5.82 Å². The number of ether oxygens (including phenoxy) is 2. The van der Waals surface area contributed by atoms with E-state index < -0.39 is 0 Å². The summed E-state index contributed by atoms with van der Waals surface area (Å²) in [7, 11) is 0. The Hall–Kier alpha value is -1.66. The molecule has 2 heterocycles. The van der Waals surface area contributed by atoms with Crippen molar-refractivity contribution in [3.8, 4) is 0 Å². The Morgan fingerprint density at radius 1 is 1.31 bits per heavy atom. The molecule has 0 aliphatic carbocycles. The molecule has 0 aromatic heterocycles. The number of halogens is 1. The number of morpholine rings is 1. The predicted molar refractivity (Wildman–Crippen MR) is 98.7 cm³/mol. The van der Waals surface area contributed by atoms with Crippen molar-refractivity contribution in [3.63, 3.8) is 0 Å². The first-order chi connectivity index (χ1) is 12.5. The van der Waals surface area contributed by atoms with E-state index in [4.69, 9.17) is 9.47 Å². The van der Waals surface area contributed by atoms with Crippen LogP contribution in [0.2, 0.25) is 0 Å². The zero-order valence-corrected chi connectivity index (χ0v) is 15.7. The van der Waals surface area contributed by atoms with Gasteiger partial charge in [-0.25, -0.2) is 4.39 Å². The second-order valence-electron chi connectivity index (χ2n) is 7.40. The highest BCUT2D eigenvalue weighted by Gasteiger charge is 2.24. The average molecular weight is 364 g/mol. The summed E-state index contributed by atoms with van der Waals surface area (Å²) in [6.45, 7) is 6.51. The van der Waals surface area contributed by atoms with E-state index in [9.17, 15) is 9.18 Å². The molecule has 1 N–H and O–H groups in total. The molecule has 0 saturated carbocycles. The summed E-state index contributed by atoms with van der Waals surface area (Å²) in [6.07, 6.45) is 3.72. The van der Waals surface area contributed by atoms with E-state index in [0.29, 0.717) is 31.7 Å². The molecule has 6 heteroatoms. The number of rotatable bonds is 6. The van der Waals surface area contributed by atoms with Crippen LogP contribution >= 0.6 is 0 Å². The normalized spacial score (nSPS) is 26.1. The lowest BCUT2D eigenvalue weighted by Crippen LogP contribution is -2.45. The van der Waals surface area contributed by atoms with Crippen LogP contribution in [0.1, 0.15) is 45.1 Å². The lowest BCUT2D eigenvalue weighted by atomic mass is 10.1. The first-order valence-electron chi connectivity index (χ1n) is 9.58. The molecule has 26 heavy (non-hydrogen) atoms. The first kappa shape index (κ1) is 19.1. The topological polar surface area (TPSA) is 50.8 Å². The van der Waals surface area contributed by atoms with E-state index in [1.165, 1.54) is 6.07 Å². The molecule has 144 valence electrons. The van der Waals surface area contributed by atoms with Gasteiger partial charge in [0.05, 0.1) is 24.0 Å².